The number of carbonyl (C=O) groups is 1. The van der Waals surface area contributed by atoms with Gasteiger partial charge in [0, 0.05) is 39.3 Å². The van der Waals surface area contributed by atoms with Crippen molar-refractivity contribution in [2.24, 2.45) is 0 Å². The first kappa shape index (κ1) is 23.7. The smallest absolute Gasteiger partial charge is 0.260 e. The van der Waals surface area contributed by atoms with E-state index in [2.05, 4.69) is 4.90 Å². The predicted octanol–water partition coefficient (Wildman–Crippen LogP) is 2.86. The van der Waals surface area contributed by atoms with Crippen molar-refractivity contribution in [3.8, 4) is 11.5 Å². The first-order valence-electron chi connectivity index (χ1n) is 11.0. The third kappa shape index (κ3) is 5.20. The fraction of sp³-hybridized carbons (Fsp3) is 0.435. The maximum absolute atomic E-state index is 12.7. The molecule has 0 aliphatic carbocycles. The predicted molar refractivity (Wildman–Crippen MR) is 127 cm³/mol. The van der Waals surface area contributed by atoms with Gasteiger partial charge in [0.25, 0.3) is 5.91 Å². The highest BCUT2D eigenvalue weighted by atomic mass is 35.5. The molecule has 0 bridgehead atoms. The molecule has 2 aliphatic heterocycles. The monoisotopic (exact) mass is 493 g/mol. The number of amides is 1. The lowest BCUT2D eigenvalue weighted by atomic mass is 10.2. The molecule has 2 saturated heterocycles. The second kappa shape index (κ2) is 10.2. The number of ether oxygens (including phenoxy) is 2. The third-order valence-corrected chi connectivity index (χ3v) is 8.21. The first-order chi connectivity index (χ1) is 15.9. The second-order valence-corrected chi connectivity index (χ2v) is 10.4. The lowest BCUT2D eigenvalue weighted by molar-refractivity contribution is -0.133. The Hall–Kier alpha value is -2.49. The van der Waals surface area contributed by atoms with Crippen molar-refractivity contribution in [3.05, 3.63) is 47.5 Å². The quantitative estimate of drug-likeness (QED) is 0.590. The maximum atomic E-state index is 12.7. The molecule has 33 heavy (non-hydrogen) atoms. The van der Waals surface area contributed by atoms with E-state index in [9.17, 15) is 13.2 Å². The number of hydrogen-bond donors (Lipinski definition) is 0. The van der Waals surface area contributed by atoms with Gasteiger partial charge in [0.2, 0.25) is 10.0 Å². The minimum absolute atomic E-state index is 0.139. The van der Waals surface area contributed by atoms with Gasteiger partial charge >= 0.3 is 0 Å². The molecule has 2 aromatic carbocycles. The molecular formula is C23H28ClN3O5S. The van der Waals surface area contributed by atoms with Gasteiger partial charge in [-0.25, -0.2) is 8.42 Å². The molecule has 1 amide bonds. The van der Waals surface area contributed by atoms with Crippen LogP contribution in [0, 0.1) is 0 Å². The number of rotatable bonds is 7. The number of benzene rings is 2. The maximum Gasteiger partial charge on any atom is 0.260 e. The van der Waals surface area contributed by atoms with E-state index in [4.69, 9.17) is 21.1 Å². The molecule has 8 nitrogen and oxygen atoms in total. The molecule has 10 heteroatoms. The van der Waals surface area contributed by atoms with E-state index in [0.29, 0.717) is 39.3 Å². The van der Waals surface area contributed by atoms with Crippen LogP contribution in [0.1, 0.15) is 12.8 Å². The highest BCUT2D eigenvalue weighted by Gasteiger charge is 2.28. The Balaban J connectivity index is 1.32. The van der Waals surface area contributed by atoms with E-state index < -0.39 is 10.0 Å². The van der Waals surface area contributed by atoms with Crippen molar-refractivity contribution < 1.29 is 22.7 Å². The van der Waals surface area contributed by atoms with Gasteiger partial charge in [-0.2, -0.15) is 4.31 Å². The number of nitrogens with zero attached hydrogens (tertiary/aromatic N) is 3. The van der Waals surface area contributed by atoms with Gasteiger partial charge in [-0.15, -0.1) is 0 Å². The molecule has 2 aliphatic rings. The molecule has 0 atom stereocenters. The number of hydrogen-bond acceptors (Lipinski definition) is 6. The van der Waals surface area contributed by atoms with Crippen LogP contribution in [0.3, 0.4) is 0 Å². The van der Waals surface area contributed by atoms with E-state index in [1.54, 1.807) is 12.0 Å². The Morgan fingerprint density at radius 3 is 2.33 bits per heavy atom. The minimum Gasteiger partial charge on any atom is -0.495 e. The van der Waals surface area contributed by atoms with Crippen molar-refractivity contribution in [2.75, 3.05) is 57.9 Å². The van der Waals surface area contributed by atoms with Crippen molar-refractivity contribution in [1.29, 1.82) is 0 Å². The molecule has 4 rings (SSSR count). The van der Waals surface area contributed by atoms with E-state index in [0.717, 1.165) is 24.3 Å². The number of piperazine rings is 1. The van der Waals surface area contributed by atoms with Gasteiger partial charge < -0.3 is 19.3 Å². The molecule has 0 saturated carbocycles. The number of sulfonamides is 1. The number of para-hydroxylation sites is 2. The molecule has 2 aromatic rings. The van der Waals surface area contributed by atoms with Crippen LogP contribution in [0.4, 0.5) is 5.69 Å². The zero-order chi connectivity index (χ0) is 23.4. The SMILES string of the molecule is COc1ccccc1N1CCN(C(=O)COc2ccc(S(=O)(=O)N3CCCC3)cc2Cl)CC1. The summed E-state index contributed by atoms with van der Waals surface area (Å²) in [6, 6.07) is 12.2. The topological polar surface area (TPSA) is 79.4 Å². The lowest BCUT2D eigenvalue weighted by Gasteiger charge is -2.36. The highest BCUT2D eigenvalue weighted by molar-refractivity contribution is 7.89. The van der Waals surface area contributed by atoms with Crippen LogP contribution in [-0.2, 0) is 14.8 Å². The summed E-state index contributed by atoms with van der Waals surface area (Å²) in [6.07, 6.45) is 1.73. The summed E-state index contributed by atoms with van der Waals surface area (Å²) in [7, 11) is -1.91. The summed E-state index contributed by atoms with van der Waals surface area (Å²) in [4.78, 5) is 16.8. The summed E-state index contributed by atoms with van der Waals surface area (Å²) in [5, 5.41) is 0.170. The van der Waals surface area contributed by atoms with Crippen molar-refractivity contribution >= 4 is 33.2 Å². The lowest BCUT2D eigenvalue weighted by Crippen LogP contribution is -2.50. The number of halogens is 1. The Morgan fingerprint density at radius 2 is 1.67 bits per heavy atom. The average Bonchev–Trinajstić information content (AvgIpc) is 3.39. The largest absolute Gasteiger partial charge is 0.495 e. The number of methoxy groups -OCH3 is 1. The van der Waals surface area contributed by atoms with E-state index in [-0.39, 0.29) is 28.2 Å². The average molecular weight is 494 g/mol. The van der Waals surface area contributed by atoms with Gasteiger partial charge in [-0.3, -0.25) is 4.79 Å². The van der Waals surface area contributed by atoms with Gasteiger partial charge in [0.05, 0.1) is 22.7 Å². The molecule has 2 fully saturated rings. The Labute approximate surface area is 199 Å². The summed E-state index contributed by atoms with van der Waals surface area (Å²) >= 11 is 6.28. The van der Waals surface area contributed by atoms with E-state index in [1.165, 1.54) is 22.5 Å². The van der Waals surface area contributed by atoms with E-state index in [1.807, 2.05) is 24.3 Å². The zero-order valence-corrected chi connectivity index (χ0v) is 20.1. The summed E-state index contributed by atoms with van der Waals surface area (Å²) in [5.74, 6) is 0.961. The zero-order valence-electron chi connectivity index (χ0n) is 18.6. The molecule has 0 N–H and O–H groups in total. The van der Waals surface area contributed by atoms with Gasteiger partial charge in [0.15, 0.2) is 6.61 Å². The molecule has 178 valence electrons. The normalized spacial score (nSPS) is 17.3. The minimum atomic E-state index is -3.56. The van der Waals surface area contributed by atoms with Gasteiger partial charge in [0.1, 0.15) is 11.5 Å². The van der Waals surface area contributed by atoms with E-state index >= 15 is 0 Å². The molecular weight excluding hydrogens is 466 g/mol. The third-order valence-electron chi connectivity index (χ3n) is 6.02. The Bertz CT molecular complexity index is 1100. The number of carbonyl (C=O) groups excluding carboxylic acids is 1. The second-order valence-electron chi connectivity index (χ2n) is 8.03. The van der Waals surface area contributed by atoms with Crippen LogP contribution in [-0.4, -0.2) is 76.5 Å². The van der Waals surface area contributed by atoms with Crippen LogP contribution in [0.2, 0.25) is 5.02 Å². The molecule has 0 aromatic heterocycles. The van der Waals surface area contributed by atoms with Crippen molar-refractivity contribution in [1.82, 2.24) is 9.21 Å². The molecule has 0 unspecified atom stereocenters. The Morgan fingerprint density at radius 1 is 0.970 bits per heavy atom. The highest BCUT2D eigenvalue weighted by Crippen LogP contribution is 2.30. The first-order valence-corrected chi connectivity index (χ1v) is 12.8. The van der Waals surface area contributed by atoms with Gasteiger partial charge in [-0.1, -0.05) is 23.7 Å². The van der Waals surface area contributed by atoms with Crippen LogP contribution in [0.5, 0.6) is 11.5 Å². The number of anilines is 1. The van der Waals surface area contributed by atoms with Crippen LogP contribution < -0.4 is 14.4 Å². The molecule has 0 radical (unpaired) electrons. The van der Waals surface area contributed by atoms with Crippen LogP contribution in [0.25, 0.3) is 0 Å². The van der Waals surface area contributed by atoms with Crippen molar-refractivity contribution in [2.45, 2.75) is 17.7 Å². The van der Waals surface area contributed by atoms with Crippen LogP contribution in [0.15, 0.2) is 47.4 Å². The standard InChI is InChI=1S/C23H28ClN3O5S/c1-31-22-7-3-2-6-20(22)25-12-14-26(15-13-25)23(28)17-32-21-9-8-18(16-19(21)24)33(29,30)27-10-4-5-11-27/h2-3,6-9,16H,4-5,10-15,17H2,1H3. The van der Waals surface area contributed by atoms with Gasteiger partial charge in [-0.05, 0) is 43.2 Å². The summed E-state index contributed by atoms with van der Waals surface area (Å²) in [6.45, 7) is 3.41. The van der Waals surface area contributed by atoms with Crippen molar-refractivity contribution in [3.63, 3.8) is 0 Å². The molecule has 2 heterocycles. The Kier molecular flexibility index (Phi) is 7.31. The summed E-state index contributed by atoms with van der Waals surface area (Å²) < 4.78 is 37.9. The summed E-state index contributed by atoms with van der Waals surface area (Å²) in [5.41, 5.74) is 1.01. The fourth-order valence-corrected chi connectivity index (χ4v) is 6.00. The molecule has 0 spiro atoms. The van der Waals surface area contributed by atoms with Crippen LogP contribution >= 0.6 is 11.6 Å². The fourth-order valence-electron chi connectivity index (χ4n) is 4.16.